The molecule has 1 unspecified atom stereocenters. The summed E-state index contributed by atoms with van der Waals surface area (Å²) in [5.74, 6) is 0.984. The van der Waals surface area contributed by atoms with Gasteiger partial charge >= 0.3 is 0 Å². The zero-order valence-electron chi connectivity index (χ0n) is 10.8. The molecule has 1 aromatic rings. The highest BCUT2D eigenvalue weighted by Gasteiger charge is 2.25. The molecule has 0 aliphatic heterocycles. The van der Waals surface area contributed by atoms with E-state index < -0.39 is 0 Å². The van der Waals surface area contributed by atoms with E-state index in [9.17, 15) is 4.79 Å². The van der Waals surface area contributed by atoms with Gasteiger partial charge in [0.2, 0.25) is 0 Å². The van der Waals surface area contributed by atoms with Crippen molar-refractivity contribution in [3.63, 3.8) is 0 Å². The Hall–Kier alpha value is -1.61. The zero-order valence-corrected chi connectivity index (χ0v) is 10.8. The summed E-state index contributed by atoms with van der Waals surface area (Å²) in [5, 5.41) is 0. The number of ether oxygens (including phenoxy) is 2. The normalized spacial score (nSPS) is 22.2. The van der Waals surface area contributed by atoms with E-state index >= 15 is 0 Å². The van der Waals surface area contributed by atoms with Crippen molar-refractivity contribution >= 4 is 11.9 Å². The molecule has 0 aromatic heterocycles. The second kappa shape index (κ2) is 5.83. The molecule has 96 valence electrons. The van der Waals surface area contributed by atoms with Crippen molar-refractivity contribution in [1.82, 2.24) is 0 Å². The van der Waals surface area contributed by atoms with Crippen LogP contribution in [-0.4, -0.2) is 26.1 Å². The highest BCUT2D eigenvalue weighted by Crippen LogP contribution is 2.26. The zero-order chi connectivity index (χ0) is 13.0. The van der Waals surface area contributed by atoms with E-state index in [2.05, 4.69) is 0 Å². The third-order valence-electron chi connectivity index (χ3n) is 3.24. The van der Waals surface area contributed by atoms with Gasteiger partial charge in [0.25, 0.3) is 0 Å². The monoisotopic (exact) mass is 246 g/mol. The third kappa shape index (κ3) is 2.79. The average molecular weight is 246 g/mol. The number of hydrogen-bond acceptors (Lipinski definition) is 3. The van der Waals surface area contributed by atoms with Gasteiger partial charge < -0.3 is 9.47 Å². The minimum Gasteiger partial charge on any atom is -0.497 e. The molecule has 0 spiro atoms. The summed E-state index contributed by atoms with van der Waals surface area (Å²) in [7, 11) is 3.29. The molecule has 1 aliphatic rings. The van der Waals surface area contributed by atoms with Gasteiger partial charge in [0.15, 0.2) is 5.78 Å². The Morgan fingerprint density at radius 2 is 2.17 bits per heavy atom. The van der Waals surface area contributed by atoms with E-state index in [0.29, 0.717) is 6.42 Å². The number of carbonyl (C=O) groups is 1. The summed E-state index contributed by atoms with van der Waals surface area (Å²) in [6.45, 7) is 0. The number of ketones is 1. The number of hydrogen-bond donors (Lipinski definition) is 0. The molecule has 1 aromatic carbocycles. The average Bonchev–Trinajstić information content (AvgIpc) is 2.41. The Morgan fingerprint density at radius 1 is 1.33 bits per heavy atom. The first-order chi connectivity index (χ1) is 8.74. The fourth-order valence-electron chi connectivity index (χ4n) is 2.26. The second-order valence-electron chi connectivity index (χ2n) is 4.42. The van der Waals surface area contributed by atoms with E-state index in [1.54, 1.807) is 14.2 Å². The fraction of sp³-hybridized carbons (Fsp3) is 0.400. The van der Waals surface area contributed by atoms with Crippen LogP contribution in [-0.2, 0) is 9.53 Å². The largest absolute Gasteiger partial charge is 0.497 e. The van der Waals surface area contributed by atoms with Crippen molar-refractivity contribution in [2.24, 2.45) is 0 Å². The lowest BCUT2D eigenvalue weighted by molar-refractivity contribution is -0.118. The minimum absolute atomic E-state index is 0.0718. The summed E-state index contributed by atoms with van der Waals surface area (Å²) in [4.78, 5) is 11.9. The predicted molar refractivity (Wildman–Crippen MR) is 70.6 cm³/mol. The lowest BCUT2D eigenvalue weighted by Gasteiger charge is -2.23. The molecule has 3 nitrogen and oxygen atoms in total. The maximum Gasteiger partial charge on any atom is 0.161 e. The molecule has 0 radical (unpaired) electrons. The molecular weight excluding hydrogens is 228 g/mol. The highest BCUT2D eigenvalue weighted by atomic mass is 16.5. The number of rotatable bonds is 3. The number of carbonyl (C=O) groups excluding carboxylic acids is 1. The van der Waals surface area contributed by atoms with Crippen LogP contribution in [0.2, 0.25) is 0 Å². The molecule has 0 bridgehead atoms. The van der Waals surface area contributed by atoms with E-state index in [4.69, 9.17) is 9.47 Å². The van der Waals surface area contributed by atoms with E-state index in [-0.39, 0.29) is 11.9 Å². The summed E-state index contributed by atoms with van der Waals surface area (Å²) >= 11 is 0. The Balaban J connectivity index is 2.31. The standard InChI is InChI=1S/C15H18O3/c1-17-12-6-3-5-11(9-12)10-13-14(16)7-4-8-15(13)18-2/h3,5-6,9-10,15H,4,7-8H2,1-2H3/b13-10+. The first-order valence-corrected chi connectivity index (χ1v) is 6.16. The van der Waals surface area contributed by atoms with Crippen molar-refractivity contribution in [2.75, 3.05) is 14.2 Å². The Kier molecular flexibility index (Phi) is 4.15. The van der Waals surface area contributed by atoms with Gasteiger partial charge in [-0.1, -0.05) is 12.1 Å². The maximum absolute atomic E-state index is 11.9. The van der Waals surface area contributed by atoms with Crippen LogP contribution in [0.1, 0.15) is 24.8 Å². The lowest BCUT2D eigenvalue weighted by Crippen LogP contribution is -2.25. The molecular formula is C15H18O3. The topological polar surface area (TPSA) is 35.5 Å². The van der Waals surface area contributed by atoms with Gasteiger partial charge in [0.1, 0.15) is 5.75 Å². The molecule has 0 saturated heterocycles. The first kappa shape index (κ1) is 12.8. The highest BCUT2D eigenvalue weighted by molar-refractivity contribution is 6.01. The summed E-state index contributed by atoms with van der Waals surface area (Å²) in [6, 6.07) is 7.69. The lowest BCUT2D eigenvalue weighted by atomic mass is 9.89. The SMILES string of the molecule is COc1cccc(/C=C2\C(=O)CCCC2OC)c1. The Bertz CT molecular complexity index is 463. The second-order valence-corrected chi connectivity index (χ2v) is 4.42. The summed E-state index contributed by atoms with van der Waals surface area (Å²) in [5.41, 5.74) is 1.75. The molecule has 1 saturated carbocycles. The fourth-order valence-corrected chi connectivity index (χ4v) is 2.26. The van der Waals surface area contributed by atoms with Gasteiger partial charge in [0, 0.05) is 19.1 Å². The van der Waals surface area contributed by atoms with Crippen LogP contribution >= 0.6 is 0 Å². The van der Waals surface area contributed by atoms with Crippen LogP contribution < -0.4 is 4.74 Å². The van der Waals surface area contributed by atoms with Crippen molar-refractivity contribution in [3.8, 4) is 5.75 Å². The van der Waals surface area contributed by atoms with Gasteiger partial charge in [-0.05, 0) is 36.6 Å². The molecule has 1 fully saturated rings. The van der Waals surface area contributed by atoms with Gasteiger partial charge in [-0.15, -0.1) is 0 Å². The van der Waals surface area contributed by atoms with Crippen LogP contribution in [0.15, 0.2) is 29.8 Å². The first-order valence-electron chi connectivity index (χ1n) is 6.16. The van der Waals surface area contributed by atoms with Crippen LogP contribution in [0.25, 0.3) is 6.08 Å². The van der Waals surface area contributed by atoms with E-state index in [1.165, 1.54) is 0 Å². The third-order valence-corrected chi connectivity index (χ3v) is 3.24. The van der Waals surface area contributed by atoms with Crippen LogP contribution in [0.3, 0.4) is 0 Å². The molecule has 3 heteroatoms. The molecule has 1 aliphatic carbocycles. The van der Waals surface area contributed by atoms with Crippen molar-refractivity contribution < 1.29 is 14.3 Å². The van der Waals surface area contributed by atoms with Crippen LogP contribution in [0.5, 0.6) is 5.75 Å². The van der Waals surface area contributed by atoms with Gasteiger partial charge in [0.05, 0.1) is 13.2 Å². The van der Waals surface area contributed by atoms with Crippen molar-refractivity contribution in [1.29, 1.82) is 0 Å². The van der Waals surface area contributed by atoms with E-state index in [1.807, 2.05) is 30.3 Å². The summed E-state index contributed by atoms with van der Waals surface area (Å²) in [6.07, 6.45) is 4.29. The minimum atomic E-state index is -0.0718. The van der Waals surface area contributed by atoms with Gasteiger partial charge in [-0.25, -0.2) is 0 Å². The van der Waals surface area contributed by atoms with E-state index in [0.717, 1.165) is 29.7 Å². The molecule has 0 heterocycles. The number of Topliss-reactive ketones (excluding diaryl/α,β-unsaturated/α-hetero) is 1. The van der Waals surface area contributed by atoms with Crippen LogP contribution in [0.4, 0.5) is 0 Å². The number of methoxy groups -OCH3 is 2. The van der Waals surface area contributed by atoms with Crippen molar-refractivity contribution in [2.45, 2.75) is 25.4 Å². The van der Waals surface area contributed by atoms with Crippen molar-refractivity contribution in [3.05, 3.63) is 35.4 Å². The Labute approximate surface area is 107 Å². The predicted octanol–water partition coefficient (Wildman–Crippen LogP) is 2.85. The molecule has 18 heavy (non-hydrogen) atoms. The molecule has 2 rings (SSSR count). The quantitative estimate of drug-likeness (QED) is 0.769. The molecule has 0 N–H and O–H groups in total. The molecule has 0 amide bonds. The smallest absolute Gasteiger partial charge is 0.161 e. The number of benzene rings is 1. The summed E-state index contributed by atoms with van der Waals surface area (Å²) < 4.78 is 10.6. The van der Waals surface area contributed by atoms with Gasteiger partial charge in [-0.2, -0.15) is 0 Å². The van der Waals surface area contributed by atoms with Gasteiger partial charge in [-0.3, -0.25) is 4.79 Å². The maximum atomic E-state index is 11.9. The Morgan fingerprint density at radius 3 is 2.89 bits per heavy atom. The molecule has 1 atom stereocenters. The van der Waals surface area contributed by atoms with Crippen LogP contribution in [0, 0.1) is 0 Å².